The summed E-state index contributed by atoms with van der Waals surface area (Å²) in [6.45, 7) is 1.35. The molecule has 116 valence electrons. The fourth-order valence-corrected chi connectivity index (χ4v) is 3.97. The van der Waals surface area contributed by atoms with Gasteiger partial charge in [-0.15, -0.1) is 11.3 Å². The highest BCUT2D eigenvalue weighted by atomic mass is 35.5. The number of thiophene rings is 1. The van der Waals surface area contributed by atoms with Gasteiger partial charge in [-0.3, -0.25) is 9.69 Å². The van der Waals surface area contributed by atoms with E-state index in [4.69, 9.17) is 23.2 Å². The van der Waals surface area contributed by atoms with E-state index in [1.807, 2.05) is 0 Å². The number of amides is 1. The molecule has 3 nitrogen and oxygen atoms in total. The third-order valence-corrected chi connectivity index (χ3v) is 5.50. The summed E-state index contributed by atoms with van der Waals surface area (Å²) in [7, 11) is 0. The molecule has 1 aliphatic heterocycles. The minimum Gasteiger partial charge on any atom is -0.325 e. The van der Waals surface area contributed by atoms with Crippen LogP contribution in [0.4, 0.5) is 5.69 Å². The Morgan fingerprint density at radius 3 is 2.91 bits per heavy atom. The summed E-state index contributed by atoms with van der Waals surface area (Å²) >= 11 is 13.6. The van der Waals surface area contributed by atoms with E-state index >= 15 is 0 Å². The van der Waals surface area contributed by atoms with Gasteiger partial charge in [-0.05, 0) is 49.0 Å². The zero-order chi connectivity index (χ0) is 15.5. The maximum atomic E-state index is 12.3. The number of carbonyl (C=O) groups is 1. The van der Waals surface area contributed by atoms with Crippen molar-refractivity contribution in [3.05, 3.63) is 50.6 Å². The highest BCUT2D eigenvalue weighted by Gasteiger charge is 2.28. The van der Waals surface area contributed by atoms with Crippen LogP contribution in [0.25, 0.3) is 0 Å². The lowest BCUT2D eigenvalue weighted by molar-refractivity contribution is -0.117. The summed E-state index contributed by atoms with van der Waals surface area (Å²) in [6, 6.07) is 9.68. The van der Waals surface area contributed by atoms with Crippen LogP contribution in [0.2, 0.25) is 10.0 Å². The van der Waals surface area contributed by atoms with E-state index in [9.17, 15) is 4.79 Å². The SMILES string of the molecule is O=C(CN1CCC[C@H]1c1cccs1)Nc1ccc(Cl)c(Cl)c1. The van der Waals surface area contributed by atoms with Crippen LogP contribution in [0.1, 0.15) is 23.8 Å². The van der Waals surface area contributed by atoms with Crippen molar-refractivity contribution in [2.24, 2.45) is 0 Å². The number of hydrogen-bond donors (Lipinski definition) is 1. The van der Waals surface area contributed by atoms with Gasteiger partial charge in [-0.1, -0.05) is 29.3 Å². The number of halogens is 2. The van der Waals surface area contributed by atoms with Crippen molar-refractivity contribution in [3.8, 4) is 0 Å². The number of nitrogens with zero attached hydrogens (tertiary/aromatic N) is 1. The van der Waals surface area contributed by atoms with Gasteiger partial charge in [-0.2, -0.15) is 0 Å². The number of carbonyl (C=O) groups excluding carboxylic acids is 1. The average Bonchev–Trinajstić information content (AvgIpc) is 3.13. The Morgan fingerprint density at radius 2 is 2.18 bits per heavy atom. The molecule has 2 heterocycles. The fraction of sp³-hybridized carbons (Fsp3) is 0.312. The van der Waals surface area contributed by atoms with Crippen molar-refractivity contribution in [1.29, 1.82) is 0 Å². The molecule has 1 aromatic heterocycles. The molecule has 3 rings (SSSR count). The van der Waals surface area contributed by atoms with Gasteiger partial charge in [-0.25, -0.2) is 0 Å². The second-order valence-electron chi connectivity index (χ2n) is 5.32. The Kier molecular flexibility index (Phi) is 5.03. The standard InChI is InChI=1S/C16H16Cl2N2OS/c17-12-6-5-11(9-13(12)18)19-16(21)10-20-7-1-3-14(20)15-4-2-8-22-15/h2,4-6,8-9,14H,1,3,7,10H2,(H,19,21)/t14-/m0/s1. The van der Waals surface area contributed by atoms with E-state index in [1.165, 1.54) is 4.88 Å². The maximum Gasteiger partial charge on any atom is 0.238 e. The molecule has 1 aliphatic rings. The van der Waals surface area contributed by atoms with Gasteiger partial charge in [0, 0.05) is 16.6 Å². The lowest BCUT2D eigenvalue weighted by Gasteiger charge is -2.22. The average molecular weight is 355 g/mol. The third-order valence-electron chi connectivity index (χ3n) is 3.79. The molecular weight excluding hydrogens is 339 g/mol. The molecule has 0 unspecified atom stereocenters. The van der Waals surface area contributed by atoms with Crippen LogP contribution in [0, 0.1) is 0 Å². The molecule has 0 aliphatic carbocycles. The zero-order valence-corrected chi connectivity index (χ0v) is 14.2. The number of anilines is 1. The molecule has 2 aromatic rings. The normalized spacial score (nSPS) is 18.5. The first-order valence-electron chi connectivity index (χ1n) is 7.16. The van der Waals surface area contributed by atoms with Gasteiger partial charge in [0.15, 0.2) is 0 Å². The summed E-state index contributed by atoms with van der Waals surface area (Å²) in [5.41, 5.74) is 0.672. The fourth-order valence-electron chi connectivity index (χ4n) is 2.78. The monoisotopic (exact) mass is 354 g/mol. The second-order valence-corrected chi connectivity index (χ2v) is 7.11. The number of benzene rings is 1. The summed E-state index contributed by atoms with van der Waals surface area (Å²) in [5, 5.41) is 5.89. The van der Waals surface area contributed by atoms with Crippen molar-refractivity contribution < 1.29 is 4.79 Å². The number of hydrogen-bond acceptors (Lipinski definition) is 3. The van der Waals surface area contributed by atoms with Crippen LogP contribution in [-0.2, 0) is 4.79 Å². The van der Waals surface area contributed by atoms with Gasteiger partial charge in [0.1, 0.15) is 0 Å². The van der Waals surface area contributed by atoms with Gasteiger partial charge in [0.05, 0.1) is 16.6 Å². The van der Waals surface area contributed by atoms with Crippen LogP contribution in [0.5, 0.6) is 0 Å². The van der Waals surface area contributed by atoms with Gasteiger partial charge >= 0.3 is 0 Å². The zero-order valence-electron chi connectivity index (χ0n) is 11.9. The second kappa shape index (κ2) is 7.01. The Hall–Kier alpha value is -1.07. The van der Waals surface area contributed by atoms with E-state index < -0.39 is 0 Å². The molecule has 1 amide bonds. The smallest absolute Gasteiger partial charge is 0.238 e. The molecule has 1 atom stereocenters. The molecule has 0 radical (unpaired) electrons. The van der Waals surface area contributed by atoms with Crippen LogP contribution < -0.4 is 5.32 Å². The highest BCUT2D eigenvalue weighted by molar-refractivity contribution is 7.10. The molecule has 1 fully saturated rings. The molecule has 1 aromatic carbocycles. The molecule has 0 bridgehead atoms. The van der Waals surface area contributed by atoms with Crippen molar-refractivity contribution >= 4 is 46.1 Å². The summed E-state index contributed by atoms with van der Waals surface area (Å²) in [6.07, 6.45) is 2.24. The lowest BCUT2D eigenvalue weighted by atomic mass is 10.2. The number of nitrogens with one attached hydrogen (secondary N) is 1. The maximum absolute atomic E-state index is 12.3. The predicted octanol–water partition coefficient (Wildman–Crippen LogP) is 4.83. The number of rotatable bonds is 4. The third kappa shape index (κ3) is 3.63. The Bertz CT molecular complexity index is 660. The molecule has 22 heavy (non-hydrogen) atoms. The molecule has 0 saturated carbocycles. The molecular formula is C16H16Cl2N2OS. The molecule has 0 spiro atoms. The van der Waals surface area contributed by atoms with Crippen molar-refractivity contribution in [1.82, 2.24) is 4.90 Å². The van der Waals surface area contributed by atoms with Crippen LogP contribution >= 0.6 is 34.5 Å². The Balaban J connectivity index is 1.62. The van der Waals surface area contributed by atoms with E-state index in [1.54, 1.807) is 29.5 Å². The quantitative estimate of drug-likeness (QED) is 0.852. The lowest BCUT2D eigenvalue weighted by Crippen LogP contribution is -2.32. The van der Waals surface area contributed by atoms with Crippen molar-refractivity contribution in [2.45, 2.75) is 18.9 Å². The molecule has 1 saturated heterocycles. The topological polar surface area (TPSA) is 32.3 Å². The van der Waals surface area contributed by atoms with E-state index in [0.29, 0.717) is 28.3 Å². The van der Waals surface area contributed by atoms with Crippen molar-refractivity contribution in [3.63, 3.8) is 0 Å². The first-order valence-corrected chi connectivity index (χ1v) is 8.79. The minimum absolute atomic E-state index is 0.0261. The Labute approximate surface area is 143 Å². The van der Waals surface area contributed by atoms with Crippen LogP contribution in [-0.4, -0.2) is 23.9 Å². The van der Waals surface area contributed by atoms with Gasteiger partial charge in [0.2, 0.25) is 5.91 Å². The predicted molar refractivity (Wildman–Crippen MR) is 93.0 cm³/mol. The van der Waals surface area contributed by atoms with Gasteiger partial charge in [0.25, 0.3) is 0 Å². The summed E-state index contributed by atoms with van der Waals surface area (Å²) in [4.78, 5) is 15.8. The molecule has 1 N–H and O–H groups in total. The van der Waals surface area contributed by atoms with E-state index in [0.717, 1.165) is 19.4 Å². The van der Waals surface area contributed by atoms with Gasteiger partial charge < -0.3 is 5.32 Å². The first kappa shape index (κ1) is 15.8. The largest absolute Gasteiger partial charge is 0.325 e. The highest BCUT2D eigenvalue weighted by Crippen LogP contribution is 2.34. The minimum atomic E-state index is -0.0261. The first-order chi connectivity index (χ1) is 10.6. The van der Waals surface area contributed by atoms with E-state index in [2.05, 4.69) is 27.7 Å². The van der Waals surface area contributed by atoms with Crippen LogP contribution in [0.15, 0.2) is 35.7 Å². The van der Waals surface area contributed by atoms with Crippen molar-refractivity contribution in [2.75, 3.05) is 18.4 Å². The number of likely N-dealkylation sites (tertiary alicyclic amines) is 1. The summed E-state index contributed by atoms with van der Waals surface area (Å²) < 4.78 is 0. The molecule has 6 heteroatoms. The van der Waals surface area contributed by atoms with E-state index in [-0.39, 0.29) is 5.91 Å². The summed E-state index contributed by atoms with van der Waals surface area (Å²) in [5.74, 6) is -0.0261. The van der Waals surface area contributed by atoms with Crippen LogP contribution in [0.3, 0.4) is 0 Å². The Morgan fingerprint density at radius 1 is 1.32 bits per heavy atom.